The summed E-state index contributed by atoms with van der Waals surface area (Å²) >= 11 is 6.49. The van der Waals surface area contributed by atoms with Crippen LogP contribution in [0.5, 0.6) is 0 Å². The van der Waals surface area contributed by atoms with Gasteiger partial charge in [0.25, 0.3) is 0 Å². The number of carbonyl (C=O) groups excluding carboxylic acids is 1. The van der Waals surface area contributed by atoms with E-state index in [4.69, 9.17) is 16.1 Å². The van der Waals surface area contributed by atoms with E-state index >= 15 is 0 Å². The average Bonchev–Trinajstić information content (AvgIpc) is 3.50. The maximum atomic E-state index is 14.3. The van der Waals surface area contributed by atoms with E-state index in [2.05, 4.69) is 20.5 Å². The molecule has 0 aliphatic carbocycles. The zero-order valence-corrected chi connectivity index (χ0v) is 20.9. The minimum absolute atomic E-state index is 0.195. The standard InChI is InChI=1S/C28H24ClN5O2/c1-28(2,3)27-22(23(32-36-27)20-13-7-8-14-21(20)29)26(35)24-25(19-12-9-15-30-16-19)34(33-31-24)17-18-10-5-4-6-11-18/h4-16H,17H2,1-3H3. The minimum Gasteiger partial charge on any atom is -0.359 e. The number of carbonyl (C=O) groups is 1. The molecule has 0 aliphatic heterocycles. The second-order valence-electron chi connectivity index (χ2n) is 9.47. The first-order valence-electron chi connectivity index (χ1n) is 11.5. The molecule has 8 heteroatoms. The third kappa shape index (κ3) is 4.45. The van der Waals surface area contributed by atoms with Crippen LogP contribution >= 0.6 is 11.6 Å². The Kier molecular flexibility index (Phi) is 6.24. The molecule has 0 spiro atoms. The largest absolute Gasteiger partial charge is 0.359 e. The van der Waals surface area contributed by atoms with Crippen molar-refractivity contribution in [3.63, 3.8) is 0 Å². The summed E-state index contributed by atoms with van der Waals surface area (Å²) in [5.41, 5.74) is 3.35. The van der Waals surface area contributed by atoms with Gasteiger partial charge in [0, 0.05) is 28.9 Å². The molecule has 180 valence electrons. The maximum absolute atomic E-state index is 14.3. The van der Waals surface area contributed by atoms with Crippen molar-refractivity contribution >= 4 is 17.4 Å². The Balaban J connectivity index is 1.70. The van der Waals surface area contributed by atoms with Crippen molar-refractivity contribution in [2.75, 3.05) is 0 Å². The van der Waals surface area contributed by atoms with Crippen LogP contribution in [0.3, 0.4) is 0 Å². The lowest BCUT2D eigenvalue weighted by atomic mass is 9.86. The van der Waals surface area contributed by atoms with E-state index in [-0.39, 0.29) is 11.5 Å². The topological polar surface area (TPSA) is 86.7 Å². The molecule has 0 saturated heterocycles. The predicted octanol–water partition coefficient (Wildman–Crippen LogP) is 6.23. The second kappa shape index (κ2) is 9.51. The van der Waals surface area contributed by atoms with Crippen LogP contribution < -0.4 is 0 Å². The molecule has 5 rings (SSSR count). The molecular weight excluding hydrogens is 474 g/mol. The molecule has 0 fully saturated rings. The summed E-state index contributed by atoms with van der Waals surface area (Å²) in [6.07, 6.45) is 3.38. The number of hydrogen-bond donors (Lipinski definition) is 0. The number of aromatic nitrogens is 5. The van der Waals surface area contributed by atoms with Gasteiger partial charge in [-0.1, -0.05) is 91.3 Å². The van der Waals surface area contributed by atoms with Crippen molar-refractivity contribution in [2.45, 2.75) is 32.7 Å². The van der Waals surface area contributed by atoms with Crippen LogP contribution in [0.15, 0.2) is 83.6 Å². The van der Waals surface area contributed by atoms with E-state index < -0.39 is 5.41 Å². The normalized spacial score (nSPS) is 11.6. The molecule has 2 aromatic carbocycles. The van der Waals surface area contributed by atoms with Gasteiger partial charge < -0.3 is 4.52 Å². The van der Waals surface area contributed by atoms with Crippen LogP contribution in [0.4, 0.5) is 0 Å². The van der Waals surface area contributed by atoms with Gasteiger partial charge in [0.2, 0.25) is 5.78 Å². The molecule has 7 nitrogen and oxygen atoms in total. The number of ketones is 1. The van der Waals surface area contributed by atoms with Crippen molar-refractivity contribution in [3.8, 4) is 22.5 Å². The third-order valence-corrected chi connectivity index (χ3v) is 6.12. The second-order valence-corrected chi connectivity index (χ2v) is 9.87. The highest BCUT2D eigenvalue weighted by Gasteiger charge is 2.35. The van der Waals surface area contributed by atoms with Crippen LogP contribution in [0.1, 0.15) is 48.1 Å². The monoisotopic (exact) mass is 497 g/mol. The molecule has 36 heavy (non-hydrogen) atoms. The number of halogens is 1. The molecule has 3 aromatic heterocycles. The zero-order chi connectivity index (χ0) is 25.3. The molecule has 0 radical (unpaired) electrons. The molecule has 0 unspecified atom stereocenters. The van der Waals surface area contributed by atoms with Gasteiger partial charge >= 0.3 is 0 Å². The summed E-state index contributed by atoms with van der Waals surface area (Å²) in [5, 5.41) is 13.5. The highest BCUT2D eigenvalue weighted by molar-refractivity contribution is 6.33. The Hall–Kier alpha value is -4.10. The van der Waals surface area contributed by atoms with Gasteiger partial charge in [-0.2, -0.15) is 0 Å². The molecule has 0 N–H and O–H groups in total. The van der Waals surface area contributed by atoms with Gasteiger partial charge in [0.1, 0.15) is 11.4 Å². The molecule has 5 aromatic rings. The molecule has 0 saturated carbocycles. The van der Waals surface area contributed by atoms with Gasteiger partial charge in [0.15, 0.2) is 11.5 Å². The van der Waals surface area contributed by atoms with Crippen molar-refractivity contribution in [2.24, 2.45) is 0 Å². The van der Waals surface area contributed by atoms with Gasteiger partial charge in [-0.3, -0.25) is 9.78 Å². The highest BCUT2D eigenvalue weighted by atomic mass is 35.5. The fraction of sp³-hybridized carbons (Fsp3) is 0.179. The maximum Gasteiger partial charge on any atom is 0.221 e. The summed E-state index contributed by atoms with van der Waals surface area (Å²) < 4.78 is 7.48. The van der Waals surface area contributed by atoms with Crippen LogP contribution in [0.2, 0.25) is 5.02 Å². The van der Waals surface area contributed by atoms with Gasteiger partial charge in [0.05, 0.1) is 17.1 Å². The van der Waals surface area contributed by atoms with E-state index in [9.17, 15) is 4.79 Å². The fourth-order valence-corrected chi connectivity index (χ4v) is 4.32. The Morgan fingerprint density at radius 2 is 1.75 bits per heavy atom. The van der Waals surface area contributed by atoms with Crippen LogP contribution in [0, 0.1) is 0 Å². The summed E-state index contributed by atoms with van der Waals surface area (Å²) in [6, 6.07) is 20.8. The van der Waals surface area contributed by atoms with E-state index in [0.29, 0.717) is 39.8 Å². The Bertz CT molecular complexity index is 1520. The first-order valence-corrected chi connectivity index (χ1v) is 11.9. The molecule has 0 bridgehead atoms. The number of benzene rings is 2. The van der Waals surface area contributed by atoms with Gasteiger partial charge in [-0.25, -0.2) is 4.68 Å². The first kappa shape index (κ1) is 23.6. The van der Waals surface area contributed by atoms with E-state index in [0.717, 1.165) is 11.1 Å². The first-order chi connectivity index (χ1) is 17.3. The number of pyridine rings is 1. The van der Waals surface area contributed by atoms with Crippen molar-refractivity contribution in [1.82, 2.24) is 25.1 Å². The van der Waals surface area contributed by atoms with Crippen molar-refractivity contribution in [1.29, 1.82) is 0 Å². The number of hydrogen-bond acceptors (Lipinski definition) is 6. The van der Waals surface area contributed by atoms with Crippen LogP contribution in [0.25, 0.3) is 22.5 Å². The molecule has 3 heterocycles. The summed E-state index contributed by atoms with van der Waals surface area (Å²) in [6.45, 7) is 6.34. The van der Waals surface area contributed by atoms with E-state index in [1.54, 1.807) is 23.1 Å². The van der Waals surface area contributed by atoms with Gasteiger partial charge in [-0.15, -0.1) is 5.10 Å². The average molecular weight is 498 g/mol. The minimum atomic E-state index is -0.494. The Morgan fingerprint density at radius 1 is 1.00 bits per heavy atom. The number of nitrogens with zero attached hydrogens (tertiary/aromatic N) is 5. The highest BCUT2D eigenvalue weighted by Crippen LogP contribution is 2.38. The zero-order valence-electron chi connectivity index (χ0n) is 20.1. The lowest BCUT2D eigenvalue weighted by Crippen LogP contribution is -2.17. The van der Waals surface area contributed by atoms with E-state index in [1.165, 1.54) is 0 Å². The molecule has 0 atom stereocenters. The van der Waals surface area contributed by atoms with Crippen LogP contribution in [-0.4, -0.2) is 30.9 Å². The molecular formula is C28H24ClN5O2. The third-order valence-electron chi connectivity index (χ3n) is 5.79. The van der Waals surface area contributed by atoms with Crippen molar-refractivity contribution < 1.29 is 9.32 Å². The molecule has 0 aliphatic rings. The van der Waals surface area contributed by atoms with Crippen molar-refractivity contribution in [3.05, 3.63) is 107 Å². The van der Waals surface area contributed by atoms with E-state index in [1.807, 2.05) is 81.4 Å². The summed E-state index contributed by atoms with van der Waals surface area (Å²) in [7, 11) is 0. The van der Waals surface area contributed by atoms with Crippen LogP contribution in [-0.2, 0) is 12.0 Å². The summed E-state index contributed by atoms with van der Waals surface area (Å²) in [4.78, 5) is 18.5. The lowest BCUT2D eigenvalue weighted by molar-refractivity contribution is 0.103. The smallest absolute Gasteiger partial charge is 0.221 e. The Labute approximate surface area is 213 Å². The van der Waals surface area contributed by atoms with Gasteiger partial charge in [-0.05, 0) is 23.8 Å². The fourth-order valence-electron chi connectivity index (χ4n) is 4.09. The molecule has 0 amide bonds. The SMILES string of the molecule is CC(C)(C)c1onc(-c2ccccc2Cl)c1C(=O)c1nnn(Cc2ccccc2)c1-c1cccnc1. The lowest BCUT2D eigenvalue weighted by Gasteiger charge is -2.16. The summed E-state index contributed by atoms with van der Waals surface area (Å²) in [5.74, 6) is 0.117. The quantitative estimate of drug-likeness (QED) is 0.259. The predicted molar refractivity (Wildman–Crippen MR) is 138 cm³/mol. The number of rotatable bonds is 6. The Morgan fingerprint density at radius 3 is 2.44 bits per heavy atom.